The van der Waals surface area contributed by atoms with Crippen molar-refractivity contribution in [3.8, 4) is 0 Å². The molecule has 1 aromatic carbocycles. The maximum absolute atomic E-state index is 13.5. The zero-order valence-electron chi connectivity index (χ0n) is 16.1. The van der Waals surface area contributed by atoms with Gasteiger partial charge in [0.05, 0.1) is 11.9 Å². The average Bonchev–Trinajstić information content (AvgIpc) is 3.10. The summed E-state index contributed by atoms with van der Waals surface area (Å²) in [4.78, 5) is 4.00. The standard InChI is InChI=1S/C20H26FN3O3S/c1-23-14-19(22-15-23)28(25,26)24-8-6-20(7-9-24)13-17(5-10-27-20)11-16-3-2-4-18(21)12-16/h2-4,12,14-15,17H,5-11,13H2,1H3. The Morgan fingerprint density at radius 3 is 2.79 bits per heavy atom. The van der Waals surface area contributed by atoms with Crippen LogP contribution in [-0.2, 0) is 28.2 Å². The number of hydrogen-bond donors (Lipinski definition) is 0. The lowest BCUT2D eigenvalue weighted by Gasteiger charge is -2.45. The lowest BCUT2D eigenvalue weighted by molar-refractivity contribution is -0.120. The predicted octanol–water partition coefficient (Wildman–Crippen LogP) is 2.75. The molecule has 2 aliphatic rings. The fourth-order valence-corrected chi connectivity index (χ4v) is 5.85. The third-order valence-corrected chi connectivity index (χ3v) is 7.71. The van der Waals surface area contributed by atoms with Crippen LogP contribution in [0.4, 0.5) is 4.39 Å². The second-order valence-electron chi connectivity index (χ2n) is 8.01. The molecule has 0 amide bonds. The molecule has 0 radical (unpaired) electrons. The zero-order valence-corrected chi connectivity index (χ0v) is 16.9. The molecule has 3 heterocycles. The number of piperidine rings is 1. The van der Waals surface area contributed by atoms with Crippen molar-refractivity contribution in [2.45, 2.75) is 42.7 Å². The molecule has 0 bridgehead atoms. The molecule has 4 rings (SSSR count). The molecule has 1 unspecified atom stereocenters. The van der Waals surface area contributed by atoms with Crippen LogP contribution in [0.15, 0.2) is 41.8 Å². The van der Waals surface area contributed by atoms with Gasteiger partial charge in [-0.3, -0.25) is 0 Å². The van der Waals surface area contributed by atoms with Gasteiger partial charge in [-0.25, -0.2) is 17.8 Å². The van der Waals surface area contributed by atoms with Gasteiger partial charge in [0, 0.05) is 32.9 Å². The van der Waals surface area contributed by atoms with Crippen LogP contribution in [-0.4, -0.2) is 47.6 Å². The Hall–Kier alpha value is -1.77. The lowest BCUT2D eigenvalue weighted by Crippen LogP contribution is -2.51. The monoisotopic (exact) mass is 407 g/mol. The van der Waals surface area contributed by atoms with Gasteiger partial charge in [-0.2, -0.15) is 4.31 Å². The average molecular weight is 408 g/mol. The fourth-order valence-electron chi connectivity index (χ4n) is 4.44. The summed E-state index contributed by atoms with van der Waals surface area (Å²) in [5, 5.41) is 0.0968. The SMILES string of the molecule is Cn1cnc(S(=O)(=O)N2CCC3(CC2)CC(Cc2cccc(F)c2)CCO3)c1. The van der Waals surface area contributed by atoms with Gasteiger partial charge in [0.25, 0.3) is 10.0 Å². The Morgan fingerprint density at radius 1 is 1.32 bits per heavy atom. The Kier molecular flexibility index (Phi) is 5.28. The number of hydrogen-bond acceptors (Lipinski definition) is 4. The van der Waals surface area contributed by atoms with Crippen LogP contribution < -0.4 is 0 Å². The summed E-state index contributed by atoms with van der Waals surface area (Å²) in [5.41, 5.74) is 0.740. The van der Waals surface area contributed by atoms with E-state index in [1.54, 1.807) is 23.7 Å². The first-order valence-corrected chi connectivity index (χ1v) is 11.2. The summed E-state index contributed by atoms with van der Waals surface area (Å²) in [6.45, 7) is 1.55. The van der Waals surface area contributed by atoms with Gasteiger partial charge in [-0.05, 0) is 55.7 Å². The molecule has 28 heavy (non-hydrogen) atoms. The second-order valence-corrected chi connectivity index (χ2v) is 9.89. The van der Waals surface area contributed by atoms with E-state index in [1.165, 1.54) is 22.9 Å². The molecule has 6 nitrogen and oxygen atoms in total. The molecule has 1 atom stereocenters. The van der Waals surface area contributed by atoms with E-state index in [9.17, 15) is 12.8 Å². The highest BCUT2D eigenvalue weighted by atomic mass is 32.2. The van der Waals surface area contributed by atoms with Crippen molar-refractivity contribution in [2.75, 3.05) is 19.7 Å². The molecular weight excluding hydrogens is 381 g/mol. The Labute approximate surface area is 165 Å². The quantitative estimate of drug-likeness (QED) is 0.782. The summed E-state index contributed by atoms with van der Waals surface area (Å²) in [6.07, 6.45) is 7.07. The number of imidazole rings is 1. The summed E-state index contributed by atoms with van der Waals surface area (Å²) < 4.78 is 48.3. The number of ether oxygens (including phenoxy) is 1. The summed E-state index contributed by atoms with van der Waals surface area (Å²) in [5.74, 6) is 0.224. The predicted molar refractivity (Wildman–Crippen MR) is 103 cm³/mol. The van der Waals surface area contributed by atoms with Crippen molar-refractivity contribution < 1.29 is 17.5 Å². The van der Waals surface area contributed by atoms with Crippen LogP contribution in [0, 0.1) is 11.7 Å². The molecule has 8 heteroatoms. The summed E-state index contributed by atoms with van der Waals surface area (Å²) in [6, 6.07) is 6.78. The highest BCUT2D eigenvalue weighted by Crippen LogP contribution is 2.39. The molecule has 2 aromatic rings. The maximum Gasteiger partial charge on any atom is 0.262 e. The Morgan fingerprint density at radius 2 is 2.11 bits per heavy atom. The molecule has 1 spiro atoms. The Balaban J connectivity index is 1.40. The Bertz CT molecular complexity index is 936. The van der Waals surface area contributed by atoms with E-state index < -0.39 is 10.0 Å². The van der Waals surface area contributed by atoms with Gasteiger partial charge in [0.15, 0.2) is 5.03 Å². The van der Waals surface area contributed by atoms with Crippen LogP contribution in [0.1, 0.15) is 31.2 Å². The van der Waals surface area contributed by atoms with Crippen molar-refractivity contribution in [3.63, 3.8) is 0 Å². The van der Waals surface area contributed by atoms with Crippen LogP contribution in [0.3, 0.4) is 0 Å². The molecule has 0 aliphatic carbocycles. The zero-order chi connectivity index (χ0) is 19.8. The first-order valence-electron chi connectivity index (χ1n) is 9.73. The highest BCUT2D eigenvalue weighted by molar-refractivity contribution is 7.89. The van der Waals surface area contributed by atoms with Gasteiger partial charge < -0.3 is 9.30 Å². The van der Waals surface area contributed by atoms with Crippen molar-refractivity contribution >= 4 is 10.0 Å². The van der Waals surface area contributed by atoms with Crippen molar-refractivity contribution in [1.29, 1.82) is 0 Å². The third kappa shape index (κ3) is 3.99. The van der Waals surface area contributed by atoms with Gasteiger partial charge >= 0.3 is 0 Å². The molecule has 2 aliphatic heterocycles. The first-order chi connectivity index (χ1) is 13.4. The highest BCUT2D eigenvalue weighted by Gasteiger charge is 2.43. The van der Waals surface area contributed by atoms with Crippen molar-refractivity contribution in [2.24, 2.45) is 13.0 Å². The van der Waals surface area contributed by atoms with E-state index in [-0.39, 0.29) is 16.4 Å². The minimum atomic E-state index is -3.56. The molecule has 0 N–H and O–H groups in total. The summed E-state index contributed by atoms with van der Waals surface area (Å²) >= 11 is 0. The number of halogens is 1. The van der Waals surface area contributed by atoms with Crippen molar-refractivity contribution in [1.82, 2.24) is 13.9 Å². The smallest absolute Gasteiger partial charge is 0.262 e. The van der Waals surface area contributed by atoms with Gasteiger partial charge in [-0.1, -0.05) is 12.1 Å². The van der Waals surface area contributed by atoms with Crippen molar-refractivity contribution in [3.05, 3.63) is 48.2 Å². The molecule has 2 saturated heterocycles. The number of sulfonamides is 1. The van der Waals surface area contributed by atoms with Crippen LogP contribution in [0.5, 0.6) is 0 Å². The van der Waals surface area contributed by atoms with E-state index in [0.717, 1.165) is 24.8 Å². The minimum absolute atomic E-state index is 0.0968. The largest absolute Gasteiger partial charge is 0.375 e. The van der Waals surface area contributed by atoms with Crippen LogP contribution in [0.2, 0.25) is 0 Å². The molecular formula is C20H26FN3O3S. The molecule has 0 saturated carbocycles. The number of rotatable bonds is 4. The van der Waals surface area contributed by atoms with E-state index >= 15 is 0 Å². The lowest BCUT2D eigenvalue weighted by atomic mass is 9.78. The topological polar surface area (TPSA) is 64.4 Å². The minimum Gasteiger partial charge on any atom is -0.375 e. The number of aromatic nitrogens is 2. The molecule has 2 fully saturated rings. The summed E-state index contributed by atoms with van der Waals surface area (Å²) in [7, 11) is -1.80. The number of aryl methyl sites for hydroxylation is 1. The molecule has 1 aromatic heterocycles. The second kappa shape index (κ2) is 7.57. The van der Waals surface area contributed by atoms with E-state index in [2.05, 4.69) is 4.98 Å². The maximum atomic E-state index is 13.5. The third-order valence-electron chi connectivity index (χ3n) is 5.93. The van der Waals surface area contributed by atoms with Crippen LogP contribution >= 0.6 is 0 Å². The fraction of sp³-hybridized carbons (Fsp3) is 0.550. The number of nitrogens with zero attached hydrogens (tertiary/aromatic N) is 3. The van der Waals surface area contributed by atoms with E-state index in [4.69, 9.17) is 4.74 Å². The van der Waals surface area contributed by atoms with Gasteiger partial charge in [0.1, 0.15) is 5.82 Å². The van der Waals surface area contributed by atoms with Gasteiger partial charge in [0.2, 0.25) is 0 Å². The number of benzene rings is 1. The van der Waals surface area contributed by atoms with E-state index in [0.29, 0.717) is 38.5 Å². The molecule has 152 valence electrons. The van der Waals surface area contributed by atoms with E-state index in [1.807, 2.05) is 6.07 Å². The first kappa shape index (κ1) is 19.5. The van der Waals surface area contributed by atoms with Crippen LogP contribution in [0.25, 0.3) is 0 Å². The van der Waals surface area contributed by atoms with Gasteiger partial charge in [-0.15, -0.1) is 0 Å². The normalized spacial score (nSPS) is 23.1.